The number of anilines is 1. The minimum Gasteiger partial charge on any atom is -0.356 e. The first kappa shape index (κ1) is 13.2. The highest BCUT2D eigenvalue weighted by molar-refractivity contribution is 9.08. The topological polar surface area (TPSA) is 16.1 Å². The van der Waals surface area contributed by atoms with E-state index in [1.807, 2.05) is 6.20 Å². The van der Waals surface area contributed by atoms with Gasteiger partial charge in [-0.15, -0.1) is 0 Å². The van der Waals surface area contributed by atoms with E-state index in [1.54, 1.807) is 0 Å². The van der Waals surface area contributed by atoms with Gasteiger partial charge in [-0.3, -0.25) is 0 Å². The normalized spacial score (nSPS) is 20.1. The molecule has 0 bridgehead atoms. The molecule has 1 aromatic rings. The van der Waals surface area contributed by atoms with E-state index in [0.717, 1.165) is 24.2 Å². The molecule has 94 valence electrons. The van der Waals surface area contributed by atoms with E-state index in [1.165, 1.54) is 17.7 Å². The highest BCUT2D eigenvalue weighted by Crippen LogP contribution is 2.31. The van der Waals surface area contributed by atoms with Gasteiger partial charge in [0.2, 0.25) is 0 Å². The summed E-state index contributed by atoms with van der Waals surface area (Å²) in [6.45, 7) is 6.89. The molecule has 1 fully saturated rings. The molecule has 1 saturated heterocycles. The van der Waals surface area contributed by atoms with Crippen molar-refractivity contribution in [1.82, 2.24) is 4.98 Å². The lowest BCUT2D eigenvalue weighted by Gasteiger charge is -2.23. The average molecular weight is 315 g/mol. The summed E-state index contributed by atoms with van der Waals surface area (Å²) in [4.78, 5) is 6.95. The Morgan fingerprint density at radius 3 is 2.88 bits per heavy atom. The first-order chi connectivity index (χ1) is 8.11. The van der Waals surface area contributed by atoms with E-state index in [4.69, 9.17) is 0 Å². The van der Waals surface area contributed by atoms with Crippen molar-refractivity contribution in [2.24, 2.45) is 0 Å². The Labute approximate surface area is 116 Å². The van der Waals surface area contributed by atoms with Crippen LogP contribution in [0.25, 0.3) is 0 Å². The molecule has 1 aliphatic rings. The molecule has 0 radical (unpaired) electrons. The van der Waals surface area contributed by atoms with Gasteiger partial charge in [0.1, 0.15) is 5.82 Å². The monoisotopic (exact) mass is 314 g/mol. The van der Waals surface area contributed by atoms with Crippen molar-refractivity contribution >= 4 is 33.5 Å². The number of hydrogen-bond acceptors (Lipinski definition) is 3. The van der Waals surface area contributed by atoms with Crippen molar-refractivity contribution in [3.05, 3.63) is 23.9 Å². The van der Waals surface area contributed by atoms with Gasteiger partial charge in [-0.05, 0) is 18.1 Å². The van der Waals surface area contributed by atoms with Crippen LogP contribution >= 0.6 is 27.7 Å². The smallest absolute Gasteiger partial charge is 0.128 e. The number of halogens is 1. The lowest BCUT2D eigenvalue weighted by molar-refractivity contribution is 0.635. The van der Waals surface area contributed by atoms with Gasteiger partial charge in [0.25, 0.3) is 0 Å². The second-order valence-corrected chi connectivity index (χ2v) is 7.37. The molecule has 1 aromatic heterocycles. The third kappa shape index (κ3) is 3.62. The maximum atomic E-state index is 4.55. The summed E-state index contributed by atoms with van der Waals surface area (Å²) >= 11 is 5.52. The fraction of sp³-hybridized carbons (Fsp3) is 0.615. The molecular weight excluding hydrogens is 296 g/mol. The van der Waals surface area contributed by atoms with Crippen molar-refractivity contribution in [2.45, 2.75) is 30.3 Å². The molecule has 0 N–H and O–H groups in total. The molecule has 0 aromatic carbocycles. The van der Waals surface area contributed by atoms with Crippen molar-refractivity contribution in [3.63, 3.8) is 0 Å². The van der Waals surface area contributed by atoms with Gasteiger partial charge >= 0.3 is 0 Å². The molecule has 2 heterocycles. The molecule has 0 aliphatic carbocycles. The molecule has 0 spiro atoms. The van der Waals surface area contributed by atoms with Gasteiger partial charge < -0.3 is 4.90 Å². The van der Waals surface area contributed by atoms with Crippen LogP contribution in [-0.2, 0) is 5.33 Å². The number of thioether (sulfide) groups is 1. The SMILES string of the molecule is CC1(C)CCN(c2ccc(CBr)cn2)CCS1. The summed E-state index contributed by atoms with van der Waals surface area (Å²) in [5, 5.41) is 0.878. The van der Waals surface area contributed by atoms with Crippen LogP contribution in [0.5, 0.6) is 0 Å². The van der Waals surface area contributed by atoms with E-state index in [-0.39, 0.29) is 0 Å². The van der Waals surface area contributed by atoms with E-state index < -0.39 is 0 Å². The Hall–Kier alpha value is -0.220. The fourth-order valence-electron chi connectivity index (χ4n) is 1.93. The largest absolute Gasteiger partial charge is 0.356 e. The van der Waals surface area contributed by atoms with Crippen LogP contribution in [0.2, 0.25) is 0 Å². The molecule has 1 aliphatic heterocycles. The first-order valence-corrected chi connectivity index (χ1v) is 8.11. The zero-order chi connectivity index (χ0) is 12.3. The molecule has 17 heavy (non-hydrogen) atoms. The number of aromatic nitrogens is 1. The van der Waals surface area contributed by atoms with Crippen LogP contribution < -0.4 is 4.90 Å². The quantitative estimate of drug-likeness (QED) is 0.774. The second-order valence-electron chi connectivity index (χ2n) is 5.00. The van der Waals surface area contributed by atoms with Crippen LogP contribution in [0, 0.1) is 0 Å². The zero-order valence-electron chi connectivity index (χ0n) is 10.4. The standard InChI is InChI=1S/C13H19BrN2S/c1-13(2)5-6-16(7-8-17-13)12-4-3-11(9-14)10-15-12/h3-4,10H,5-9H2,1-2H3. The number of nitrogens with zero attached hydrogens (tertiary/aromatic N) is 2. The lowest BCUT2D eigenvalue weighted by atomic mass is 10.1. The van der Waals surface area contributed by atoms with E-state index in [0.29, 0.717) is 4.75 Å². The van der Waals surface area contributed by atoms with Crippen molar-refractivity contribution < 1.29 is 0 Å². The molecule has 0 amide bonds. The predicted molar refractivity (Wildman–Crippen MR) is 80.2 cm³/mol. The Balaban J connectivity index is 2.06. The minimum atomic E-state index is 0.407. The number of rotatable bonds is 2. The predicted octanol–water partition coefficient (Wildman–Crippen LogP) is 3.70. The summed E-state index contributed by atoms with van der Waals surface area (Å²) in [5.41, 5.74) is 1.23. The second kappa shape index (κ2) is 5.61. The number of alkyl halides is 1. The van der Waals surface area contributed by atoms with Gasteiger partial charge in [0.15, 0.2) is 0 Å². The lowest BCUT2D eigenvalue weighted by Crippen LogP contribution is -2.27. The van der Waals surface area contributed by atoms with Gasteiger partial charge in [-0.1, -0.05) is 35.8 Å². The third-order valence-corrected chi connectivity index (χ3v) is 5.14. The summed E-state index contributed by atoms with van der Waals surface area (Å²) in [5.74, 6) is 2.31. The molecule has 2 nitrogen and oxygen atoms in total. The molecular formula is C13H19BrN2S. The van der Waals surface area contributed by atoms with Crippen molar-refractivity contribution in [2.75, 3.05) is 23.7 Å². The maximum absolute atomic E-state index is 4.55. The van der Waals surface area contributed by atoms with Gasteiger partial charge in [0, 0.05) is 35.1 Å². The Kier molecular flexibility index (Phi) is 4.36. The van der Waals surface area contributed by atoms with E-state index in [2.05, 4.69) is 63.6 Å². The summed E-state index contributed by atoms with van der Waals surface area (Å²) in [6.07, 6.45) is 3.19. The average Bonchev–Trinajstić information content (AvgIpc) is 2.50. The fourth-order valence-corrected chi connectivity index (χ4v) is 3.36. The van der Waals surface area contributed by atoms with Gasteiger partial charge in [-0.25, -0.2) is 4.98 Å². The first-order valence-electron chi connectivity index (χ1n) is 6.00. The summed E-state index contributed by atoms with van der Waals surface area (Å²) in [7, 11) is 0. The molecule has 0 unspecified atom stereocenters. The Morgan fingerprint density at radius 1 is 1.41 bits per heavy atom. The highest BCUT2D eigenvalue weighted by atomic mass is 79.9. The van der Waals surface area contributed by atoms with Crippen LogP contribution in [0.3, 0.4) is 0 Å². The van der Waals surface area contributed by atoms with Crippen LogP contribution in [0.4, 0.5) is 5.82 Å². The Morgan fingerprint density at radius 2 is 2.24 bits per heavy atom. The van der Waals surface area contributed by atoms with Gasteiger partial charge in [0.05, 0.1) is 0 Å². The third-order valence-electron chi connectivity index (χ3n) is 3.13. The molecule has 0 atom stereocenters. The van der Waals surface area contributed by atoms with Crippen LogP contribution in [0.15, 0.2) is 18.3 Å². The summed E-state index contributed by atoms with van der Waals surface area (Å²) in [6, 6.07) is 4.29. The van der Waals surface area contributed by atoms with Crippen LogP contribution in [-0.4, -0.2) is 28.6 Å². The zero-order valence-corrected chi connectivity index (χ0v) is 12.9. The van der Waals surface area contributed by atoms with Crippen molar-refractivity contribution in [1.29, 1.82) is 0 Å². The maximum Gasteiger partial charge on any atom is 0.128 e. The molecule has 0 saturated carbocycles. The molecule has 4 heteroatoms. The highest BCUT2D eigenvalue weighted by Gasteiger charge is 2.23. The number of pyridine rings is 1. The minimum absolute atomic E-state index is 0.407. The van der Waals surface area contributed by atoms with Gasteiger partial charge in [-0.2, -0.15) is 11.8 Å². The number of hydrogen-bond donors (Lipinski definition) is 0. The van der Waals surface area contributed by atoms with E-state index in [9.17, 15) is 0 Å². The van der Waals surface area contributed by atoms with E-state index >= 15 is 0 Å². The molecule has 2 rings (SSSR count). The van der Waals surface area contributed by atoms with Crippen molar-refractivity contribution in [3.8, 4) is 0 Å². The Bertz CT molecular complexity index is 364. The summed E-state index contributed by atoms with van der Waals surface area (Å²) < 4.78 is 0.407. The van der Waals surface area contributed by atoms with Crippen LogP contribution in [0.1, 0.15) is 25.8 Å².